The summed E-state index contributed by atoms with van der Waals surface area (Å²) in [5.74, 6) is -0.153. The number of fused-ring (bicyclic) bond motifs is 1. The molecule has 0 radical (unpaired) electrons. The van der Waals surface area contributed by atoms with Crippen molar-refractivity contribution in [2.75, 3.05) is 31.1 Å². The Hall–Kier alpha value is -3.11. The van der Waals surface area contributed by atoms with Crippen LogP contribution in [0.15, 0.2) is 24.4 Å². The molecule has 2 aromatic heterocycles. The third kappa shape index (κ3) is 3.96. The SMILES string of the molecule is CC(c1ccc(Cl)cc1Cl)n1nc(C(N)=O)c2ncc(N3CCN(C(=O)O)CC3)nc21. The molecule has 0 spiro atoms. The summed E-state index contributed by atoms with van der Waals surface area (Å²) in [5, 5.41) is 14.5. The highest BCUT2D eigenvalue weighted by molar-refractivity contribution is 6.35. The average molecular weight is 464 g/mol. The van der Waals surface area contributed by atoms with Crippen LogP contribution in [0.3, 0.4) is 0 Å². The summed E-state index contributed by atoms with van der Waals surface area (Å²) in [6, 6.07) is 4.76. The van der Waals surface area contributed by atoms with E-state index in [4.69, 9.17) is 34.0 Å². The van der Waals surface area contributed by atoms with Gasteiger partial charge in [0.1, 0.15) is 11.3 Å². The molecule has 162 valence electrons. The van der Waals surface area contributed by atoms with Crippen molar-refractivity contribution in [3.05, 3.63) is 45.7 Å². The fourth-order valence-corrected chi connectivity index (χ4v) is 4.15. The molecule has 1 aliphatic rings. The summed E-state index contributed by atoms with van der Waals surface area (Å²) >= 11 is 12.4. The number of amides is 2. The molecule has 31 heavy (non-hydrogen) atoms. The number of carboxylic acid groups (broad SMARTS) is 1. The summed E-state index contributed by atoms with van der Waals surface area (Å²) in [5.41, 5.74) is 6.94. The van der Waals surface area contributed by atoms with Gasteiger partial charge in [0.25, 0.3) is 5.91 Å². The first-order valence-corrected chi connectivity index (χ1v) is 10.2. The zero-order chi connectivity index (χ0) is 22.3. The van der Waals surface area contributed by atoms with E-state index >= 15 is 0 Å². The van der Waals surface area contributed by atoms with Crippen molar-refractivity contribution in [2.45, 2.75) is 13.0 Å². The van der Waals surface area contributed by atoms with Gasteiger partial charge in [-0.15, -0.1) is 0 Å². The van der Waals surface area contributed by atoms with Crippen molar-refractivity contribution < 1.29 is 14.7 Å². The van der Waals surface area contributed by atoms with Gasteiger partial charge in [-0.05, 0) is 24.6 Å². The van der Waals surface area contributed by atoms with Crippen LogP contribution in [0.5, 0.6) is 0 Å². The highest BCUT2D eigenvalue weighted by Gasteiger charge is 2.26. The van der Waals surface area contributed by atoms with E-state index in [1.54, 1.807) is 22.9 Å². The number of anilines is 1. The second-order valence-corrected chi connectivity index (χ2v) is 8.00. The largest absolute Gasteiger partial charge is 0.465 e. The van der Waals surface area contributed by atoms with Gasteiger partial charge in [-0.1, -0.05) is 29.3 Å². The molecule has 0 saturated carbocycles. The Balaban J connectivity index is 1.75. The van der Waals surface area contributed by atoms with Crippen LogP contribution in [0.1, 0.15) is 29.0 Å². The van der Waals surface area contributed by atoms with Gasteiger partial charge in [0.05, 0.1) is 12.2 Å². The van der Waals surface area contributed by atoms with Crippen LogP contribution in [-0.2, 0) is 0 Å². The second-order valence-electron chi connectivity index (χ2n) is 7.16. The van der Waals surface area contributed by atoms with Crippen LogP contribution in [0.25, 0.3) is 11.2 Å². The maximum Gasteiger partial charge on any atom is 0.407 e. The smallest absolute Gasteiger partial charge is 0.407 e. The summed E-state index contributed by atoms with van der Waals surface area (Å²) in [6.07, 6.45) is 0.594. The van der Waals surface area contributed by atoms with Gasteiger partial charge in [0.15, 0.2) is 11.3 Å². The summed E-state index contributed by atoms with van der Waals surface area (Å²) in [7, 11) is 0. The first-order valence-electron chi connectivity index (χ1n) is 9.49. The lowest BCUT2D eigenvalue weighted by Crippen LogP contribution is -2.48. The zero-order valence-electron chi connectivity index (χ0n) is 16.5. The lowest BCUT2D eigenvalue weighted by Gasteiger charge is -2.33. The molecule has 3 aromatic rings. The Morgan fingerprint density at radius 3 is 2.52 bits per heavy atom. The van der Waals surface area contributed by atoms with E-state index in [0.29, 0.717) is 47.7 Å². The molecule has 3 N–H and O–H groups in total. The van der Waals surface area contributed by atoms with E-state index in [2.05, 4.69) is 15.1 Å². The van der Waals surface area contributed by atoms with Gasteiger partial charge in [0, 0.05) is 36.2 Å². The fraction of sp³-hybridized carbons (Fsp3) is 0.316. The minimum atomic E-state index is -0.945. The Labute approximate surface area is 187 Å². The number of primary amides is 1. The second kappa shape index (κ2) is 8.20. The van der Waals surface area contributed by atoms with Crippen LogP contribution in [0, 0.1) is 0 Å². The molecule has 1 atom stereocenters. The summed E-state index contributed by atoms with van der Waals surface area (Å²) in [6.45, 7) is 3.53. The quantitative estimate of drug-likeness (QED) is 0.607. The number of halogens is 2. The van der Waals surface area contributed by atoms with Crippen LogP contribution in [0.2, 0.25) is 10.0 Å². The van der Waals surface area contributed by atoms with Crippen molar-refractivity contribution in [1.82, 2.24) is 24.6 Å². The van der Waals surface area contributed by atoms with Crippen LogP contribution >= 0.6 is 23.2 Å². The molecule has 10 nitrogen and oxygen atoms in total. The van der Waals surface area contributed by atoms with Crippen molar-refractivity contribution in [3.8, 4) is 0 Å². The molecular formula is C19H19Cl2N7O3. The third-order valence-corrected chi connectivity index (χ3v) is 5.84. The summed E-state index contributed by atoms with van der Waals surface area (Å²) < 4.78 is 1.56. The Bertz CT molecular complexity index is 1170. The number of hydrogen-bond donors (Lipinski definition) is 2. The van der Waals surface area contributed by atoms with Crippen molar-refractivity contribution in [3.63, 3.8) is 0 Å². The predicted molar refractivity (Wildman–Crippen MR) is 116 cm³/mol. The van der Waals surface area contributed by atoms with Gasteiger partial charge in [0.2, 0.25) is 0 Å². The number of benzene rings is 1. The van der Waals surface area contributed by atoms with Gasteiger partial charge >= 0.3 is 6.09 Å². The first-order chi connectivity index (χ1) is 14.8. The van der Waals surface area contributed by atoms with Gasteiger partial charge in [-0.3, -0.25) is 4.79 Å². The molecule has 12 heteroatoms. The molecule has 1 unspecified atom stereocenters. The van der Waals surface area contributed by atoms with Crippen molar-refractivity contribution >= 4 is 52.2 Å². The number of carbonyl (C=O) groups is 2. The number of aromatic nitrogens is 4. The number of carbonyl (C=O) groups excluding carboxylic acids is 1. The number of piperazine rings is 1. The van der Waals surface area contributed by atoms with Crippen LogP contribution in [0.4, 0.5) is 10.6 Å². The third-order valence-electron chi connectivity index (χ3n) is 5.28. The van der Waals surface area contributed by atoms with Crippen molar-refractivity contribution in [1.29, 1.82) is 0 Å². The van der Waals surface area contributed by atoms with E-state index in [1.165, 1.54) is 11.1 Å². The molecule has 4 rings (SSSR count). The minimum Gasteiger partial charge on any atom is -0.465 e. The lowest BCUT2D eigenvalue weighted by molar-refractivity contribution is 0.0995. The highest BCUT2D eigenvalue weighted by atomic mass is 35.5. The maximum absolute atomic E-state index is 11.9. The van der Waals surface area contributed by atoms with Crippen molar-refractivity contribution in [2.24, 2.45) is 5.73 Å². The fourth-order valence-electron chi connectivity index (χ4n) is 3.59. The van der Waals surface area contributed by atoms with E-state index in [1.807, 2.05) is 11.8 Å². The van der Waals surface area contributed by atoms with E-state index < -0.39 is 12.0 Å². The molecule has 3 heterocycles. The Kier molecular flexibility index (Phi) is 5.59. The molecular weight excluding hydrogens is 445 g/mol. The number of nitrogens with two attached hydrogens (primary N) is 1. The lowest BCUT2D eigenvalue weighted by atomic mass is 10.1. The number of rotatable bonds is 4. The Morgan fingerprint density at radius 1 is 1.19 bits per heavy atom. The summed E-state index contributed by atoms with van der Waals surface area (Å²) in [4.78, 5) is 35.5. The molecule has 2 amide bonds. The average Bonchev–Trinajstić information content (AvgIpc) is 3.12. The van der Waals surface area contributed by atoms with E-state index in [0.717, 1.165) is 5.56 Å². The first kappa shape index (κ1) is 21.1. The zero-order valence-corrected chi connectivity index (χ0v) is 18.0. The molecule has 0 bridgehead atoms. The predicted octanol–water partition coefficient (Wildman–Crippen LogP) is 2.64. The molecule has 1 saturated heterocycles. The highest BCUT2D eigenvalue weighted by Crippen LogP contribution is 2.31. The van der Waals surface area contributed by atoms with Crippen LogP contribution in [-0.4, -0.2) is 67.9 Å². The van der Waals surface area contributed by atoms with Gasteiger partial charge in [-0.25, -0.2) is 19.4 Å². The Morgan fingerprint density at radius 2 is 1.90 bits per heavy atom. The minimum absolute atomic E-state index is 0.0154. The molecule has 1 aliphatic heterocycles. The van der Waals surface area contributed by atoms with E-state index in [9.17, 15) is 9.59 Å². The molecule has 1 fully saturated rings. The van der Waals surface area contributed by atoms with Gasteiger partial charge in [-0.2, -0.15) is 5.10 Å². The topological polar surface area (TPSA) is 130 Å². The number of nitrogens with zero attached hydrogens (tertiary/aromatic N) is 6. The standard InChI is InChI=1S/C19H19Cl2N7O3/c1-10(12-3-2-11(20)8-13(12)21)28-18-16(15(25-28)17(22)29)23-9-14(24-18)26-4-6-27(7-5-26)19(30)31/h2-3,8-10H,4-7H2,1H3,(H2,22,29)(H,30,31). The van der Waals surface area contributed by atoms with E-state index in [-0.39, 0.29) is 17.3 Å². The maximum atomic E-state index is 11.9. The monoisotopic (exact) mass is 463 g/mol. The van der Waals surface area contributed by atoms with Gasteiger partial charge < -0.3 is 20.6 Å². The van der Waals surface area contributed by atoms with Crippen LogP contribution < -0.4 is 10.6 Å². The molecule has 1 aromatic carbocycles. The molecule has 0 aliphatic carbocycles. The number of hydrogen-bond acceptors (Lipinski definition) is 6. The normalized spacial score (nSPS) is 15.3.